The first kappa shape index (κ1) is 14.6. The van der Waals surface area contributed by atoms with Gasteiger partial charge in [0.1, 0.15) is 4.90 Å². The van der Waals surface area contributed by atoms with E-state index in [-0.39, 0.29) is 16.6 Å². The van der Waals surface area contributed by atoms with Crippen LogP contribution in [0.4, 0.5) is 5.69 Å². The third-order valence-electron chi connectivity index (χ3n) is 2.66. The second-order valence-electron chi connectivity index (χ2n) is 4.37. The van der Waals surface area contributed by atoms with Crippen LogP contribution in [0.15, 0.2) is 17.0 Å². The van der Waals surface area contributed by atoms with E-state index >= 15 is 0 Å². The molecule has 0 bridgehead atoms. The normalized spacial score (nSPS) is 13.0. The Morgan fingerprint density at radius 2 is 1.94 bits per heavy atom. The van der Waals surface area contributed by atoms with Gasteiger partial charge < -0.3 is 5.73 Å². The molecule has 98 valence electrons. The maximum absolute atomic E-state index is 12.3. The largest absolute Gasteiger partial charge is 0.397 e. The zero-order valence-corrected chi connectivity index (χ0v) is 11.6. The van der Waals surface area contributed by atoms with E-state index in [0.717, 1.165) is 5.56 Å². The molecule has 0 radical (unpaired) electrons. The summed E-state index contributed by atoms with van der Waals surface area (Å²) < 4.78 is 27.0. The zero-order chi connectivity index (χ0) is 13.9. The standard InChI is InChI=1S/C13H18N2O2S/c1-5-6-11(4)15-18(16,17)13-10(3)8-7-9(2)12(13)14/h1,7-8,11,15H,6,14H2,2-4H3. The Hall–Kier alpha value is -1.51. The van der Waals surface area contributed by atoms with E-state index < -0.39 is 10.0 Å². The number of aryl methyl sites for hydroxylation is 2. The minimum Gasteiger partial charge on any atom is -0.397 e. The fourth-order valence-corrected chi connectivity index (χ4v) is 3.38. The number of nitrogens with two attached hydrogens (primary N) is 1. The molecule has 0 saturated heterocycles. The molecule has 0 aromatic heterocycles. The van der Waals surface area contributed by atoms with Crippen LogP contribution in [-0.2, 0) is 10.0 Å². The van der Waals surface area contributed by atoms with Crippen LogP contribution < -0.4 is 10.5 Å². The number of hydrogen-bond acceptors (Lipinski definition) is 3. The molecule has 1 atom stereocenters. The van der Waals surface area contributed by atoms with Crippen LogP contribution in [-0.4, -0.2) is 14.5 Å². The molecule has 5 heteroatoms. The maximum Gasteiger partial charge on any atom is 0.243 e. The van der Waals surface area contributed by atoms with Gasteiger partial charge in [-0.1, -0.05) is 12.1 Å². The van der Waals surface area contributed by atoms with Gasteiger partial charge in [-0.05, 0) is 31.9 Å². The lowest BCUT2D eigenvalue weighted by molar-refractivity contribution is 0.563. The topological polar surface area (TPSA) is 72.2 Å². The number of nitrogens with one attached hydrogen (secondary N) is 1. The number of hydrogen-bond donors (Lipinski definition) is 2. The Balaban J connectivity index is 3.22. The molecule has 1 unspecified atom stereocenters. The number of benzene rings is 1. The predicted octanol–water partition coefficient (Wildman–Crippen LogP) is 1.58. The van der Waals surface area contributed by atoms with Gasteiger partial charge in [0, 0.05) is 12.5 Å². The first-order valence-corrected chi connectivity index (χ1v) is 7.09. The van der Waals surface area contributed by atoms with Crippen molar-refractivity contribution in [3.8, 4) is 12.3 Å². The van der Waals surface area contributed by atoms with E-state index in [2.05, 4.69) is 10.6 Å². The van der Waals surface area contributed by atoms with Crippen molar-refractivity contribution >= 4 is 15.7 Å². The zero-order valence-electron chi connectivity index (χ0n) is 10.8. The number of terminal acetylenes is 1. The first-order valence-electron chi connectivity index (χ1n) is 5.61. The van der Waals surface area contributed by atoms with E-state index in [9.17, 15) is 8.42 Å². The second kappa shape index (κ2) is 5.42. The van der Waals surface area contributed by atoms with Crippen LogP contribution in [0.5, 0.6) is 0 Å². The Bertz CT molecular complexity index is 586. The van der Waals surface area contributed by atoms with E-state index in [1.54, 1.807) is 32.9 Å². The molecule has 0 fully saturated rings. The highest BCUT2D eigenvalue weighted by molar-refractivity contribution is 7.89. The molecule has 0 saturated carbocycles. The summed E-state index contributed by atoms with van der Waals surface area (Å²) in [7, 11) is -3.64. The minimum atomic E-state index is -3.64. The van der Waals surface area contributed by atoms with E-state index in [0.29, 0.717) is 12.0 Å². The second-order valence-corrected chi connectivity index (χ2v) is 6.02. The molecule has 0 amide bonds. The summed E-state index contributed by atoms with van der Waals surface area (Å²) in [5.41, 5.74) is 7.51. The van der Waals surface area contributed by atoms with Gasteiger partial charge in [-0.2, -0.15) is 0 Å². The highest BCUT2D eigenvalue weighted by atomic mass is 32.2. The van der Waals surface area contributed by atoms with Crippen molar-refractivity contribution in [1.29, 1.82) is 0 Å². The summed E-state index contributed by atoms with van der Waals surface area (Å²) in [5.74, 6) is 2.42. The summed E-state index contributed by atoms with van der Waals surface area (Å²) in [6.45, 7) is 5.22. The molecule has 1 aromatic carbocycles. The van der Waals surface area contributed by atoms with Crippen LogP contribution >= 0.6 is 0 Å². The van der Waals surface area contributed by atoms with Gasteiger partial charge in [0.15, 0.2) is 0 Å². The van der Waals surface area contributed by atoms with Crippen molar-refractivity contribution in [1.82, 2.24) is 4.72 Å². The molecule has 0 heterocycles. The fourth-order valence-electron chi connectivity index (χ4n) is 1.71. The van der Waals surface area contributed by atoms with Gasteiger partial charge in [0.05, 0.1) is 5.69 Å². The highest BCUT2D eigenvalue weighted by Gasteiger charge is 2.22. The van der Waals surface area contributed by atoms with E-state index in [1.165, 1.54) is 0 Å². The van der Waals surface area contributed by atoms with Crippen LogP contribution in [0.3, 0.4) is 0 Å². The Labute approximate surface area is 109 Å². The molecule has 0 spiro atoms. The molecule has 0 aliphatic rings. The van der Waals surface area contributed by atoms with Crippen molar-refractivity contribution in [2.45, 2.75) is 38.1 Å². The summed E-state index contributed by atoms with van der Waals surface area (Å²) in [6, 6.07) is 3.22. The Morgan fingerprint density at radius 3 is 2.50 bits per heavy atom. The minimum absolute atomic E-state index is 0.145. The quantitative estimate of drug-likeness (QED) is 0.642. The number of rotatable bonds is 4. The lowest BCUT2D eigenvalue weighted by atomic mass is 10.1. The lowest BCUT2D eigenvalue weighted by Gasteiger charge is -2.16. The average Bonchev–Trinajstić information content (AvgIpc) is 2.23. The number of sulfonamides is 1. The van der Waals surface area contributed by atoms with Gasteiger partial charge in [-0.25, -0.2) is 13.1 Å². The maximum atomic E-state index is 12.3. The van der Waals surface area contributed by atoms with Crippen molar-refractivity contribution in [2.75, 3.05) is 5.73 Å². The smallest absolute Gasteiger partial charge is 0.243 e. The Morgan fingerprint density at radius 1 is 1.39 bits per heavy atom. The summed E-state index contributed by atoms with van der Waals surface area (Å²) >= 11 is 0. The number of nitrogen functional groups attached to an aromatic ring is 1. The Kier molecular flexibility index (Phi) is 4.38. The third kappa shape index (κ3) is 3.03. The molecule has 3 N–H and O–H groups in total. The van der Waals surface area contributed by atoms with Gasteiger partial charge in [-0.3, -0.25) is 0 Å². The molecule has 0 aliphatic carbocycles. The summed E-state index contributed by atoms with van der Waals surface area (Å²) in [4.78, 5) is 0.145. The van der Waals surface area contributed by atoms with E-state index in [1.807, 2.05) is 0 Å². The average molecular weight is 266 g/mol. The molecule has 4 nitrogen and oxygen atoms in total. The van der Waals surface area contributed by atoms with Crippen molar-refractivity contribution in [3.63, 3.8) is 0 Å². The first-order chi connectivity index (χ1) is 8.29. The SMILES string of the molecule is C#CCC(C)NS(=O)(=O)c1c(C)ccc(C)c1N. The lowest BCUT2D eigenvalue weighted by Crippen LogP contribution is -2.33. The molecule has 0 aliphatic heterocycles. The molecular formula is C13H18N2O2S. The monoisotopic (exact) mass is 266 g/mol. The van der Waals surface area contributed by atoms with Crippen molar-refractivity contribution in [3.05, 3.63) is 23.3 Å². The summed E-state index contributed by atoms with van der Waals surface area (Å²) in [6.07, 6.45) is 5.50. The van der Waals surface area contributed by atoms with Crippen LogP contribution in [0.1, 0.15) is 24.5 Å². The highest BCUT2D eigenvalue weighted by Crippen LogP contribution is 2.25. The van der Waals surface area contributed by atoms with Gasteiger partial charge in [0.2, 0.25) is 10.0 Å². The molecular weight excluding hydrogens is 248 g/mol. The number of anilines is 1. The fraction of sp³-hybridized carbons (Fsp3) is 0.385. The van der Waals surface area contributed by atoms with Gasteiger partial charge >= 0.3 is 0 Å². The van der Waals surface area contributed by atoms with E-state index in [4.69, 9.17) is 12.2 Å². The molecule has 18 heavy (non-hydrogen) atoms. The summed E-state index contributed by atoms with van der Waals surface area (Å²) in [5, 5.41) is 0. The molecule has 1 rings (SSSR count). The van der Waals surface area contributed by atoms with Gasteiger partial charge in [-0.15, -0.1) is 12.3 Å². The predicted molar refractivity (Wildman–Crippen MR) is 73.6 cm³/mol. The third-order valence-corrected chi connectivity index (χ3v) is 4.45. The molecule has 1 aromatic rings. The van der Waals surface area contributed by atoms with Gasteiger partial charge in [0.25, 0.3) is 0 Å². The van der Waals surface area contributed by atoms with Crippen molar-refractivity contribution < 1.29 is 8.42 Å². The van der Waals surface area contributed by atoms with Crippen LogP contribution in [0.25, 0.3) is 0 Å². The van der Waals surface area contributed by atoms with Crippen molar-refractivity contribution in [2.24, 2.45) is 0 Å². The van der Waals surface area contributed by atoms with Crippen LogP contribution in [0, 0.1) is 26.2 Å². The van der Waals surface area contributed by atoms with Crippen LogP contribution in [0.2, 0.25) is 0 Å².